The number of anilines is 2. The molecule has 30 heavy (non-hydrogen) atoms. The molecule has 2 aromatic heterocycles. The number of fused-ring (bicyclic) bond motifs is 1. The monoisotopic (exact) mass is 444 g/mol. The summed E-state index contributed by atoms with van der Waals surface area (Å²) in [6.45, 7) is -0.292. The molecule has 2 heterocycles. The molecule has 12 heteroatoms. The van der Waals surface area contributed by atoms with E-state index in [-0.39, 0.29) is 18.1 Å². The maximum atomic E-state index is 12.1. The fourth-order valence-electron chi connectivity index (χ4n) is 2.58. The quantitative estimate of drug-likeness (QED) is 0.386. The molecular formula is C18H14Cl2N8O2. The molecule has 0 saturated carbocycles. The van der Waals surface area contributed by atoms with E-state index >= 15 is 0 Å². The molecular weight excluding hydrogens is 431 g/mol. The lowest BCUT2D eigenvalue weighted by Gasteiger charge is -2.13. The summed E-state index contributed by atoms with van der Waals surface area (Å²) in [4.78, 5) is 20.3. The van der Waals surface area contributed by atoms with Gasteiger partial charge in [0.2, 0.25) is 0 Å². The number of hydrazine groups is 1. The van der Waals surface area contributed by atoms with Crippen molar-refractivity contribution >= 4 is 51.6 Å². The lowest BCUT2D eigenvalue weighted by molar-refractivity contribution is -0.122. The summed E-state index contributed by atoms with van der Waals surface area (Å²) in [5.74, 6) is 0.363. The Bertz CT molecular complexity index is 1230. The van der Waals surface area contributed by atoms with Crippen LogP contribution >= 0.6 is 23.2 Å². The summed E-state index contributed by atoms with van der Waals surface area (Å²) in [6.07, 6.45) is 1.29. The fourth-order valence-corrected chi connectivity index (χ4v) is 3.04. The van der Waals surface area contributed by atoms with Gasteiger partial charge in [0, 0.05) is 5.02 Å². The highest BCUT2D eigenvalue weighted by Gasteiger charge is 2.15. The van der Waals surface area contributed by atoms with Crippen molar-refractivity contribution in [3.8, 4) is 11.6 Å². The Morgan fingerprint density at radius 3 is 2.83 bits per heavy atom. The van der Waals surface area contributed by atoms with Crippen molar-refractivity contribution < 1.29 is 9.53 Å². The zero-order chi connectivity index (χ0) is 21.1. The lowest BCUT2D eigenvalue weighted by atomic mass is 10.3. The lowest BCUT2D eigenvalue weighted by Crippen LogP contribution is -2.34. The van der Waals surface area contributed by atoms with Crippen LogP contribution in [0.4, 0.5) is 11.5 Å². The molecule has 0 spiro atoms. The van der Waals surface area contributed by atoms with Gasteiger partial charge in [-0.3, -0.25) is 15.6 Å². The predicted molar refractivity (Wildman–Crippen MR) is 113 cm³/mol. The molecule has 152 valence electrons. The number of hydrogen-bond acceptors (Lipinski definition) is 8. The van der Waals surface area contributed by atoms with Gasteiger partial charge in [0.25, 0.3) is 5.91 Å². The molecule has 4 rings (SSSR count). The molecule has 0 aliphatic rings. The predicted octanol–water partition coefficient (Wildman–Crippen LogP) is 2.62. The van der Waals surface area contributed by atoms with Gasteiger partial charge in [-0.25, -0.2) is 9.97 Å². The molecule has 0 aliphatic carbocycles. The van der Waals surface area contributed by atoms with Gasteiger partial charge >= 0.3 is 0 Å². The number of rotatable bonds is 6. The minimum Gasteiger partial charge on any atom is -0.482 e. The molecule has 0 unspecified atom stereocenters. The van der Waals surface area contributed by atoms with Gasteiger partial charge in [0.15, 0.2) is 18.2 Å². The Kier molecular flexibility index (Phi) is 5.50. The molecule has 2 aromatic carbocycles. The van der Waals surface area contributed by atoms with Gasteiger partial charge in [-0.2, -0.15) is 4.68 Å². The summed E-state index contributed by atoms with van der Waals surface area (Å²) in [5.41, 5.74) is 12.9. The van der Waals surface area contributed by atoms with Crippen LogP contribution in [0.5, 0.6) is 5.75 Å². The van der Waals surface area contributed by atoms with E-state index in [1.165, 1.54) is 17.1 Å². The summed E-state index contributed by atoms with van der Waals surface area (Å²) in [7, 11) is 0. The molecule has 0 saturated heterocycles. The van der Waals surface area contributed by atoms with Crippen LogP contribution in [-0.2, 0) is 4.79 Å². The van der Waals surface area contributed by atoms with Gasteiger partial charge in [0.05, 0.1) is 10.5 Å². The molecule has 0 bridgehead atoms. The van der Waals surface area contributed by atoms with Crippen LogP contribution in [0.25, 0.3) is 16.9 Å². The minimum atomic E-state index is -0.480. The number of para-hydroxylation sites is 1. The maximum absolute atomic E-state index is 12.1. The third kappa shape index (κ3) is 4.04. The average Bonchev–Trinajstić information content (AvgIpc) is 3.16. The SMILES string of the molecule is Nc1c(NNC(=O)COc2ccc(Cl)cc2Cl)ncnc1-n1nnc2ccccc21. The topological polar surface area (TPSA) is 133 Å². The smallest absolute Gasteiger partial charge is 0.276 e. The van der Waals surface area contributed by atoms with Gasteiger partial charge in [-0.05, 0) is 30.3 Å². The van der Waals surface area contributed by atoms with E-state index in [4.69, 9.17) is 33.7 Å². The van der Waals surface area contributed by atoms with Crippen LogP contribution < -0.4 is 21.3 Å². The number of amides is 1. The largest absolute Gasteiger partial charge is 0.482 e. The van der Waals surface area contributed by atoms with Crippen molar-refractivity contribution in [2.75, 3.05) is 17.8 Å². The number of nitrogen functional groups attached to an aromatic ring is 1. The fraction of sp³-hybridized carbons (Fsp3) is 0.0556. The van der Waals surface area contributed by atoms with Crippen molar-refractivity contribution in [1.82, 2.24) is 30.4 Å². The number of aromatic nitrogens is 5. The van der Waals surface area contributed by atoms with Crippen molar-refractivity contribution in [1.29, 1.82) is 0 Å². The van der Waals surface area contributed by atoms with Crippen LogP contribution in [0.2, 0.25) is 10.0 Å². The van der Waals surface area contributed by atoms with Crippen LogP contribution in [0.1, 0.15) is 0 Å². The highest BCUT2D eigenvalue weighted by atomic mass is 35.5. The zero-order valence-electron chi connectivity index (χ0n) is 15.2. The van der Waals surface area contributed by atoms with E-state index in [0.29, 0.717) is 27.1 Å². The van der Waals surface area contributed by atoms with Gasteiger partial charge in [-0.15, -0.1) is 5.10 Å². The highest BCUT2D eigenvalue weighted by Crippen LogP contribution is 2.27. The second-order valence-electron chi connectivity index (χ2n) is 5.99. The Hall–Kier alpha value is -3.63. The first-order chi connectivity index (χ1) is 14.5. The maximum Gasteiger partial charge on any atom is 0.276 e. The van der Waals surface area contributed by atoms with E-state index < -0.39 is 5.91 Å². The number of benzene rings is 2. The molecule has 0 aliphatic heterocycles. The van der Waals surface area contributed by atoms with E-state index in [1.54, 1.807) is 12.1 Å². The van der Waals surface area contributed by atoms with Crippen molar-refractivity contribution in [3.63, 3.8) is 0 Å². The molecule has 0 atom stereocenters. The zero-order valence-corrected chi connectivity index (χ0v) is 16.7. The molecule has 1 amide bonds. The molecule has 0 radical (unpaired) electrons. The first kappa shape index (κ1) is 19.7. The number of nitrogens with zero attached hydrogens (tertiary/aromatic N) is 5. The molecule has 4 N–H and O–H groups in total. The van der Waals surface area contributed by atoms with Gasteiger partial charge in [-0.1, -0.05) is 40.5 Å². The number of ether oxygens (including phenoxy) is 1. The average molecular weight is 445 g/mol. The van der Waals surface area contributed by atoms with Crippen LogP contribution in [-0.4, -0.2) is 37.5 Å². The third-order valence-corrected chi connectivity index (χ3v) is 4.52. The second-order valence-corrected chi connectivity index (χ2v) is 6.83. The standard InChI is InChI=1S/C18H14Cl2N8O2/c19-10-5-6-14(11(20)7-10)30-8-15(29)25-26-17-16(21)18(23-9-22-17)28-13-4-2-1-3-12(13)24-27-28/h1-7,9H,8,21H2,(H,25,29)(H,22,23,26). The summed E-state index contributed by atoms with van der Waals surface area (Å²) < 4.78 is 6.87. The molecule has 4 aromatic rings. The number of carbonyl (C=O) groups is 1. The van der Waals surface area contributed by atoms with Crippen molar-refractivity contribution in [3.05, 3.63) is 58.8 Å². The van der Waals surface area contributed by atoms with E-state index in [0.717, 1.165) is 5.52 Å². The van der Waals surface area contributed by atoms with Crippen molar-refractivity contribution in [2.45, 2.75) is 0 Å². The molecule has 0 fully saturated rings. The van der Waals surface area contributed by atoms with Gasteiger partial charge < -0.3 is 10.5 Å². The van der Waals surface area contributed by atoms with E-state index in [1.807, 2.05) is 24.3 Å². The number of hydrogen-bond donors (Lipinski definition) is 3. The third-order valence-electron chi connectivity index (χ3n) is 3.99. The van der Waals surface area contributed by atoms with Gasteiger partial charge in [0.1, 0.15) is 23.3 Å². The van der Waals surface area contributed by atoms with Crippen molar-refractivity contribution in [2.24, 2.45) is 0 Å². The summed E-state index contributed by atoms with van der Waals surface area (Å²) >= 11 is 11.8. The summed E-state index contributed by atoms with van der Waals surface area (Å²) in [5, 5.41) is 8.92. The normalized spacial score (nSPS) is 10.7. The van der Waals surface area contributed by atoms with Crippen LogP contribution in [0, 0.1) is 0 Å². The minimum absolute atomic E-state index is 0.176. The highest BCUT2D eigenvalue weighted by molar-refractivity contribution is 6.35. The number of carbonyl (C=O) groups excluding carboxylic acids is 1. The first-order valence-corrected chi connectivity index (χ1v) is 9.32. The Balaban J connectivity index is 1.44. The summed E-state index contributed by atoms with van der Waals surface area (Å²) in [6, 6.07) is 12.1. The second kappa shape index (κ2) is 8.39. The van der Waals surface area contributed by atoms with E-state index in [2.05, 4.69) is 31.1 Å². The Morgan fingerprint density at radius 2 is 2.00 bits per heavy atom. The first-order valence-electron chi connectivity index (χ1n) is 8.57. The van der Waals surface area contributed by atoms with Crippen LogP contribution in [0.15, 0.2) is 48.8 Å². The van der Waals surface area contributed by atoms with Crippen LogP contribution in [0.3, 0.4) is 0 Å². The molecule has 10 nitrogen and oxygen atoms in total. The number of halogens is 2. The Labute approximate surface area is 179 Å². The Morgan fingerprint density at radius 1 is 1.17 bits per heavy atom. The number of nitrogens with one attached hydrogen (secondary N) is 2. The number of nitrogens with two attached hydrogens (primary N) is 1. The van der Waals surface area contributed by atoms with E-state index in [9.17, 15) is 4.79 Å².